The second-order valence-corrected chi connectivity index (χ2v) is 5.13. The van der Waals surface area contributed by atoms with Gasteiger partial charge in [0.15, 0.2) is 0 Å². The average molecular weight is 269 g/mol. The van der Waals surface area contributed by atoms with Crippen molar-refractivity contribution in [3.05, 3.63) is 64.5 Å². The van der Waals surface area contributed by atoms with Crippen LogP contribution in [0.5, 0.6) is 0 Å². The third-order valence-electron chi connectivity index (χ3n) is 3.90. The van der Waals surface area contributed by atoms with Crippen molar-refractivity contribution in [1.82, 2.24) is 4.98 Å². The lowest BCUT2D eigenvalue weighted by molar-refractivity contribution is -0.137. The monoisotopic (exact) mass is 269 g/mol. The van der Waals surface area contributed by atoms with E-state index in [0.29, 0.717) is 0 Å². The SMILES string of the molecule is Cc1ccc(C(CC(=O)O)c2ccccn2)c(C)c1C. The molecule has 0 aliphatic heterocycles. The fraction of sp³-hybridized carbons (Fsp3) is 0.294. The van der Waals surface area contributed by atoms with Crippen LogP contribution in [0.3, 0.4) is 0 Å². The lowest BCUT2D eigenvalue weighted by Gasteiger charge is -2.19. The van der Waals surface area contributed by atoms with Crippen molar-refractivity contribution in [2.45, 2.75) is 33.1 Å². The molecule has 1 atom stereocenters. The fourth-order valence-electron chi connectivity index (χ4n) is 2.49. The first kappa shape index (κ1) is 14.3. The van der Waals surface area contributed by atoms with E-state index in [1.165, 1.54) is 11.1 Å². The molecule has 2 aromatic rings. The Kier molecular flexibility index (Phi) is 4.18. The predicted molar refractivity (Wildman–Crippen MR) is 79.0 cm³/mol. The summed E-state index contributed by atoms with van der Waals surface area (Å²) in [6.07, 6.45) is 1.76. The van der Waals surface area contributed by atoms with Gasteiger partial charge >= 0.3 is 5.97 Å². The Morgan fingerprint density at radius 2 is 1.90 bits per heavy atom. The molecule has 0 aliphatic carbocycles. The van der Waals surface area contributed by atoms with Gasteiger partial charge in [0.2, 0.25) is 0 Å². The van der Waals surface area contributed by atoms with Crippen LogP contribution in [0.25, 0.3) is 0 Å². The van der Waals surface area contributed by atoms with Crippen LogP contribution in [-0.2, 0) is 4.79 Å². The maximum Gasteiger partial charge on any atom is 0.304 e. The quantitative estimate of drug-likeness (QED) is 0.922. The number of aliphatic carboxylic acids is 1. The predicted octanol–water partition coefficient (Wildman–Crippen LogP) is 3.61. The minimum atomic E-state index is -0.807. The van der Waals surface area contributed by atoms with E-state index in [-0.39, 0.29) is 12.3 Å². The number of hydrogen-bond acceptors (Lipinski definition) is 2. The van der Waals surface area contributed by atoms with Gasteiger partial charge in [0.05, 0.1) is 6.42 Å². The number of aromatic nitrogens is 1. The van der Waals surface area contributed by atoms with E-state index in [0.717, 1.165) is 16.8 Å². The van der Waals surface area contributed by atoms with Crippen molar-refractivity contribution >= 4 is 5.97 Å². The minimum Gasteiger partial charge on any atom is -0.481 e. The molecule has 3 heteroatoms. The van der Waals surface area contributed by atoms with Gasteiger partial charge in [0.25, 0.3) is 0 Å². The largest absolute Gasteiger partial charge is 0.481 e. The molecule has 1 aromatic carbocycles. The third-order valence-corrected chi connectivity index (χ3v) is 3.90. The van der Waals surface area contributed by atoms with Crippen molar-refractivity contribution in [3.8, 4) is 0 Å². The van der Waals surface area contributed by atoms with Crippen LogP contribution < -0.4 is 0 Å². The highest BCUT2D eigenvalue weighted by atomic mass is 16.4. The number of carboxylic acids is 1. The van der Waals surface area contributed by atoms with E-state index in [1.54, 1.807) is 6.20 Å². The van der Waals surface area contributed by atoms with Crippen LogP contribution in [0, 0.1) is 20.8 Å². The van der Waals surface area contributed by atoms with Gasteiger partial charge in [0, 0.05) is 17.8 Å². The molecule has 0 spiro atoms. The molecule has 0 bridgehead atoms. The zero-order valence-electron chi connectivity index (χ0n) is 12.1. The molecule has 0 saturated carbocycles. The van der Waals surface area contributed by atoms with Crippen LogP contribution in [0.15, 0.2) is 36.5 Å². The second kappa shape index (κ2) is 5.87. The molecule has 0 amide bonds. The van der Waals surface area contributed by atoms with Gasteiger partial charge in [-0.1, -0.05) is 18.2 Å². The maximum atomic E-state index is 11.2. The van der Waals surface area contributed by atoms with E-state index >= 15 is 0 Å². The van der Waals surface area contributed by atoms with Crippen molar-refractivity contribution in [2.75, 3.05) is 0 Å². The lowest BCUT2D eigenvalue weighted by atomic mass is 9.86. The molecule has 3 nitrogen and oxygen atoms in total. The first-order valence-corrected chi connectivity index (χ1v) is 6.70. The second-order valence-electron chi connectivity index (χ2n) is 5.13. The summed E-state index contributed by atoms with van der Waals surface area (Å²) < 4.78 is 0. The van der Waals surface area contributed by atoms with Crippen LogP contribution in [-0.4, -0.2) is 16.1 Å². The number of pyridine rings is 1. The Morgan fingerprint density at radius 3 is 2.50 bits per heavy atom. The number of hydrogen-bond donors (Lipinski definition) is 1. The lowest BCUT2D eigenvalue weighted by Crippen LogP contribution is -2.11. The summed E-state index contributed by atoms with van der Waals surface area (Å²) in [4.78, 5) is 15.5. The van der Waals surface area contributed by atoms with Gasteiger partial charge in [-0.15, -0.1) is 0 Å². The van der Waals surface area contributed by atoms with E-state index in [2.05, 4.69) is 31.8 Å². The molecule has 2 rings (SSSR count). The first-order chi connectivity index (χ1) is 9.50. The average Bonchev–Trinajstić information content (AvgIpc) is 2.44. The molecule has 20 heavy (non-hydrogen) atoms. The first-order valence-electron chi connectivity index (χ1n) is 6.70. The van der Waals surface area contributed by atoms with Crippen molar-refractivity contribution in [2.24, 2.45) is 0 Å². The maximum absolute atomic E-state index is 11.2. The van der Waals surface area contributed by atoms with Crippen molar-refractivity contribution in [1.29, 1.82) is 0 Å². The summed E-state index contributed by atoms with van der Waals surface area (Å²) in [5.41, 5.74) is 5.45. The van der Waals surface area contributed by atoms with Gasteiger partial charge in [0.1, 0.15) is 0 Å². The smallest absolute Gasteiger partial charge is 0.304 e. The molecule has 0 radical (unpaired) electrons. The zero-order chi connectivity index (χ0) is 14.7. The Hall–Kier alpha value is -2.16. The van der Waals surface area contributed by atoms with E-state index in [1.807, 2.05) is 24.3 Å². The number of nitrogens with zero attached hydrogens (tertiary/aromatic N) is 1. The van der Waals surface area contributed by atoms with Crippen LogP contribution in [0.2, 0.25) is 0 Å². The van der Waals surface area contributed by atoms with E-state index in [9.17, 15) is 9.90 Å². The summed E-state index contributed by atoms with van der Waals surface area (Å²) in [5, 5.41) is 9.19. The third kappa shape index (κ3) is 2.87. The zero-order valence-corrected chi connectivity index (χ0v) is 12.1. The molecule has 1 unspecified atom stereocenters. The highest BCUT2D eigenvalue weighted by Gasteiger charge is 2.21. The number of benzene rings is 1. The van der Waals surface area contributed by atoms with E-state index in [4.69, 9.17) is 0 Å². The van der Waals surface area contributed by atoms with Crippen molar-refractivity contribution in [3.63, 3.8) is 0 Å². The molecule has 0 aliphatic rings. The number of carboxylic acid groups (broad SMARTS) is 1. The van der Waals surface area contributed by atoms with Gasteiger partial charge in [-0.3, -0.25) is 9.78 Å². The number of carbonyl (C=O) groups is 1. The van der Waals surface area contributed by atoms with Crippen LogP contribution in [0.4, 0.5) is 0 Å². The minimum absolute atomic E-state index is 0.0559. The molecule has 1 heterocycles. The molecule has 1 aromatic heterocycles. The molecular formula is C17H19NO2. The Bertz CT molecular complexity index is 620. The summed E-state index contributed by atoms with van der Waals surface area (Å²) in [6, 6.07) is 9.71. The molecule has 104 valence electrons. The highest BCUT2D eigenvalue weighted by Crippen LogP contribution is 2.31. The summed E-state index contributed by atoms with van der Waals surface area (Å²) in [7, 11) is 0. The summed E-state index contributed by atoms with van der Waals surface area (Å²) >= 11 is 0. The number of rotatable bonds is 4. The van der Waals surface area contributed by atoms with Crippen LogP contribution >= 0.6 is 0 Å². The van der Waals surface area contributed by atoms with Gasteiger partial charge in [-0.25, -0.2) is 0 Å². The molecular weight excluding hydrogens is 250 g/mol. The van der Waals surface area contributed by atoms with Gasteiger partial charge in [-0.2, -0.15) is 0 Å². The summed E-state index contributed by atoms with van der Waals surface area (Å²) in [5.74, 6) is -1.01. The molecule has 1 N–H and O–H groups in total. The topological polar surface area (TPSA) is 50.2 Å². The Morgan fingerprint density at radius 1 is 1.15 bits per heavy atom. The standard InChI is InChI=1S/C17H19NO2/c1-11-7-8-14(13(3)12(11)2)15(10-17(19)20)16-6-4-5-9-18-16/h4-9,15H,10H2,1-3H3,(H,19,20). The van der Waals surface area contributed by atoms with E-state index < -0.39 is 5.97 Å². The normalized spacial score (nSPS) is 12.2. The fourth-order valence-corrected chi connectivity index (χ4v) is 2.49. The number of aryl methyl sites for hydroxylation is 1. The van der Waals surface area contributed by atoms with Gasteiger partial charge < -0.3 is 5.11 Å². The molecule has 0 saturated heterocycles. The highest BCUT2D eigenvalue weighted by molar-refractivity contribution is 5.69. The van der Waals surface area contributed by atoms with Gasteiger partial charge in [-0.05, 0) is 55.2 Å². The van der Waals surface area contributed by atoms with Crippen LogP contribution in [0.1, 0.15) is 40.3 Å². The summed E-state index contributed by atoms with van der Waals surface area (Å²) in [6.45, 7) is 6.19. The molecule has 0 fully saturated rings. The Balaban J connectivity index is 2.53. The van der Waals surface area contributed by atoms with Crippen molar-refractivity contribution < 1.29 is 9.90 Å². The Labute approximate surface area is 119 Å².